The second-order valence-electron chi connectivity index (χ2n) is 12.5. The Morgan fingerprint density at radius 2 is 1.98 bits per heavy atom. The number of rotatable bonds is 7. The number of halogens is 1. The van der Waals surface area contributed by atoms with E-state index in [2.05, 4.69) is 37.5 Å². The fourth-order valence-corrected chi connectivity index (χ4v) is 6.65. The molecule has 0 bridgehead atoms. The minimum absolute atomic E-state index is 0.0933. The molecule has 0 saturated carbocycles. The Morgan fingerprint density at radius 1 is 1.15 bits per heavy atom. The van der Waals surface area contributed by atoms with Crippen molar-refractivity contribution in [3.8, 4) is 0 Å². The van der Waals surface area contributed by atoms with Gasteiger partial charge in [-0.3, -0.25) is 24.4 Å². The normalized spacial score (nSPS) is 19.2. The summed E-state index contributed by atoms with van der Waals surface area (Å²) in [5.74, 6) is 1.15. The lowest BCUT2D eigenvalue weighted by atomic mass is 9.93. The summed E-state index contributed by atoms with van der Waals surface area (Å²) in [6.45, 7) is 5.25. The molecule has 2 unspecified atom stereocenters. The molecular formula is C34H40ClN9O4. The van der Waals surface area contributed by atoms with Crippen LogP contribution in [0.3, 0.4) is 0 Å². The number of hydrogen-bond donors (Lipinski definition) is 3. The summed E-state index contributed by atoms with van der Waals surface area (Å²) >= 11 is 6.35. The topological polar surface area (TPSA) is 161 Å². The Kier molecular flexibility index (Phi) is 9.78. The van der Waals surface area contributed by atoms with Gasteiger partial charge in [0, 0.05) is 62.7 Å². The third kappa shape index (κ3) is 7.07. The number of nitrogens with zero attached hydrogens (tertiary/aromatic N) is 6. The van der Waals surface area contributed by atoms with Crippen LogP contribution in [-0.2, 0) is 32.6 Å². The molecule has 48 heavy (non-hydrogen) atoms. The van der Waals surface area contributed by atoms with E-state index in [4.69, 9.17) is 22.1 Å². The summed E-state index contributed by atoms with van der Waals surface area (Å²) in [7, 11) is 3.45. The van der Waals surface area contributed by atoms with Crippen LogP contribution in [0.15, 0.2) is 42.6 Å². The van der Waals surface area contributed by atoms with Crippen LogP contribution in [0.5, 0.6) is 0 Å². The Labute approximate surface area is 283 Å². The average molecular weight is 674 g/mol. The molecule has 252 valence electrons. The second kappa shape index (κ2) is 14.2. The summed E-state index contributed by atoms with van der Waals surface area (Å²) in [6, 6.07) is 11.4. The zero-order chi connectivity index (χ0) is 33.9. The van der Waals surface area contributed by atoms with Gasteiger partial charge in [-0.1, -0.05) is 18.5 Å². The number of piperidine rings is 2. The minimum Gasteiger partial charge on any atom is -0.399 e. The quantitative estimate of drug-likeness (QED) is 0.190. The van der Waals surface area contributed by atoms with Gasteiger partial charge in [-0.15, -0.1) is 0 Å². The van der Waals surface area contributed by atoms with Crippen molar-refractivity contribution in [1.29, 1.82) is 0 Å². The predicted octanol–water partition coefficient (Wildman–Crippen LogP) is 4.32. The van der Waals surface area contributed by atoms with Crippen LogP contribution in [0.4, 0.5) is 28.8 Å². The molecule has 13 nitrogen and oxygen atoms in total. The molecule has 7 rings (SSSR count). The lowest BCUT2D eigenvalue weighted by Gasteiger charge is -2.31. The summed E-state index contributed by atoms with van der Waals surface area (Å²) in [4.78, 5) is 48.5. The molecule has 14 heteroatoms. The maximum Gasteiger partial charge on any atom is 0.235 e. The van der Waals surface area contributed by atoms with Crippen LogP contribution >= 0.6 is 11.6 Å². The molecule has 5 heterocycles. The fourth-order valence-electron chi connectivity index (χ4n) is 6.51. The Balaban J connectivity index is 0.000000182. The van der Waals surface area contributed by atoms with E-state index in [9.17, 15) is 14.4 Å². The van der Waals surface area contributed by atoms with Crippen molar-refractivity contribution in [2.45, 2.75) is 44.9 Å². The van der Waals surface area contributed by atoms with Gasteiger partial charge in [-0.2, -0.15) is 10.1 Å². The predicted molar refractivity (Wildman–Crippen MR) is 186 cm³/mol. The monoisotopic (exact) mass is 673 g/mol. The van der Waals surface area contributed by atoms with Gasteiger partial charge in [-0.05, 0) is 67.1 Å². The first-order chi connectivity index (χ1) is 23.1. The van der Waals surface area contributed by atoms with Crippen molar-refractivity contribution in [2.24, 2.45) is 13.0 Å². The number of benzene rings is 2. The minimum atomic E-state index is -0.370. The number of anilines is 5. The molecule has 0 spiro atoms. The number of nitrogens with two attached hydrogens (primary N) is 1. The van der Waals surface area contributed by atoms with E-state index in [0.29, 0.717) is 66.5 Å². The molecular weight excluding hydrogens is 634 g/mol. The number of nitrogen functional groups attached to an aromatic ring is 1. The highest BCUT2D eigenvalue weighted by atomic mass is 35.5. The first kappa shape index (κ1) is 33.2. The summed E-state index contributed by atoms with van der Waals surface area (Å²) in [5.41, 5.74) is 10.8. The lowest BCUT2D eigenvalue weighted by molar-refractivity contribution is -0.134. The maximum atomic E-state index is 12.3. The molecule has 2 aromatic carbocycles. The number of carbonyl (C=O) groups excluding carboxylic acids is 3. The number of nitrogens with one attached hydrogen (secondary N) is 2. The third-order valence-electron chi connectivity index (χ3n) is 8.94. The Bertz CT molecular complexity index is 1860. The Hall–Kier alpha value is -4.75. The molecule has 3 aliphatic heterocycles. The van der Waals surface area contributed by atoms with Crippen LogP contribution in [0.1, 0.15) is 49.8 Å². The largest absolute Gasteiger partial charge is 0.399 e. The van der Waals surface area contributed by atoms with Crippen LogP contribution in [-0.4, -0.2) is 70.8 Å². The molecule has 2 aromatic heterocycles. The molecule has 4 N–H and O–H groups in total. The number of fused-ring (bicyclic) bond motifs is 2. The number of carbonyl (C=O) groups is 3. The van der Waals surface area contributed by atoms with Crippen LogP contribution in [0.25, 0.3) is 10.9 Å². The molecule has 2 atom stereocenters. The van der Waals surface area contributed by atoms with E-state index < -0.39 is 0 Å². The molecule has 4 aromatic rings. The smallest absolute Gasteiger partial charge is 0.235 e. The van der Waals surface area contributed by atoms with Crippen molar-refractivity contribution in [1.82, 2.24) is 25.1 Å². The van der Waals surface area contributed by atoms with Crippen LogP contribution in [0, 0.1) is 5.92 Å². The van der Waals surface area contributed by atoms with Crippen molar-refractivity contribution in [2.75, 3.05) is 54.2 Å². The average Bonchev–Trinajstić information content (AvgIpc) is 3.55. The van der Waals surface area contributed by atoms with Crippen molar-refractivity contribution in [3.05, 3.63) is 58.9 Å². The van der Waals surface area contributed by atoms with Gasteiger partial charge in [0.1, 0.15) is 5.02 Å². The standard InChI is InChI=1S/C21H26ClN5O2.C13H14N4O2/c1-14-4-3-7-26(13-14)21-23-12-17(22)20(25-21)24-16-5-6-18-15(10-16)11-19(28)27(18)8-9-29-2;1-17-10-6-7(14)2-3-8(10)12(16-17)9-4-5-11(18)15-13(9)19/h5-6,10,12,14H,3-4,7-9,11,13H2,1-2H3,(H,23,24,25);2-3,6,9H,4-5,14H2,1H3,(H,15,18,19). The number of imide groups is 1. The number of aryl methyl sites for hydroxylation is 1. The van der Waals surface area contributed by atoms with Crippen molar-refractivity contribution < 1.29 is 19.1 Å². The highest BCUT2D eigenvalue weighted by Crippen LogP contribution is 2.34. The number of amides is 3. The van der Waals surface area contributed by atoms with E-state index >= 15 is 0 Å². The highest BCUT2D eigenvalue weighted by molar-refractivity contribution is 6.32. The second-order valence-corrected chi connectivity index (χ2v) is 12.9. The molecule has 0 radical (unpaired) electrons. The zero-order valence-electron chi connectivity index (χ0n) is 27.3. The SMILES string of the molecule is COCCN1C(=O)Cc2cc(Nc3nc(N4CCCC(C)C4)ncc3Cl)ccc21.Cn1nc(C2CCC(=O)NC2=O)c2ccc(N)cc21. The van der Waals surface area contributed by atoms with Gasteiger partial charge in [0.05, 0.1) is 36.4 Å². The first-order valence-electron chi connectivity index (χ1n) is 16.1. The number of methoxy groups -OCH3 is 1. The zero-order valence-corrected chi connectivity index (χ0v) is 28.1. The number of aromatic nitrogens is 4. The van der Waals surface area contributed by atoms with Gasteiger partial charge >= 0.3 is 0 Å². The van der Waals surface area contributed by atoms with E-state index in [0.717, 1.165) is 47.4 Å². The Morgan fingerprint density at radius 3 is 2.75 bits per heavy atom. The van der Waals surface area contributed by atoms with Gasteiger partial charge in [0.25, 0.3) is 0 Å². The molecule has 3 amide bonds. The molecule has 0 aliphatic carbocycles. The van der Waals surface area contributed by atoms with Crippen LogP contribution in [0.2, 0.25) is 5.02 Å². The van der Waals surface area contributed by atoms with E-state index in [1.165, 1.54) is 6.42 Å². The van der Waals surface area contributed by atoms with Gasteiger partial charge in [0.2, 0.25) is 23.7 Å². The molecule has 2 saturated heterocycles. The van der Waals surface area contributed by atoms with E-state index in [1.807, 2.05) is 37.4 Å². The maximum absolute atomic E-state index is 12.3. The third-order valence-corrected chi connectivity index (χ3v) is 9.22. The summed E-state index contributed by atoms with van der Waals surface area (Å²) < 4.78 is 6.82. The summed E-state index contributed by atoms with van der Waals surface area (Å²) in [5, 5.41) is 11.5. The highest BCUT2D eigenvalue weighted by Gasteiger charge is 2.31. The lowest BCUT2D eigenvalue weighted by Crippen LogP contribution is -2.39. The summed E-state index contributed by atoms with van der Waals surface area (Å²) in [6.07, 6.45) is 5.28. The molecule has 2 fully saturated rings. The van der Waals surface area contributed by atoms with E-state index in [-0.39, 0.29) is 23.6 Å². The number of ether oxygens (including phenoxy) is 1. The van der Waals surface area contributed by atoms with Gasteiger partial charge in [0.15, 0.2) is 5.82 Å². The van der Waals surface area contributed by atoms with Crippen LogP contribution < -0.4 is 26.2 Å². The fraction of sp³-hybridized carbons (Fsp3) is 0.412. The first-order valence-corrected chi connectivity index (χ1v) is 16.5. The van der Waals surface area contributed by atoms with E-state index in [1.54, 1.807) is 29.0 Å². The van der Waals surface area contributed by atoms with Gasteiger partial charge < -0.3 is 25.6 Å². The number of hydrogen-bond acceptors (Lipinski definition) is 10. The molecule has 3 aliphatic rings. The van der Waals surface area contributed by atoms with Gasteiger partial charge in [-0.25, -0.2) is 4.98 Å². The van der Waals surface area contributed by atoms with Crippen molar-refractivity contribution >= 4 is 69.1 Å². The van der Waals surface area contributed by atoms with Crippen molar-refractivity contribution in [3.63, 3.8) is 0 Å².